The fourth-order valence-electron chi connectivity index (χ4n) is 7.29. The number of aromatic amines is 1. The molecule has 5 N–H and O–H groups in total. The van der Waals surface area contributed by atoms with Crippen LogP contribution in [-0.2, 0) is 17.8 Å². The number of amides is 1. The van der Waals surface area contributed by atoms with Crippen LogP contribution in [-0.4, -0.2) is 65.0 Å². The molecule has 3 atom stereocenters. The van der Waals surface area contributed by atoms with E-state index in [1.807, 2.05) is 66.7 Å². The van der Waals surface area contributed by atoms with Crippen molar-refractivity contribution in [1.29, 1.82) is 0 Å². The molecule has 3 fully saturated rings. The van der Waals surface area contributed by atoms with Crippen molar-refractivity contribution in [2.24, 2.45) is 5.92 Å². The lowest BCUT2D eigenvalue weighted by atomic mass is 9.86. The average Bonchev–Trinajstić information content (AvgIpc) is 3.16. The maximum Gasteiger partial charge on any atom is 0.408 e. The molecule has 0 spiro atoms. The lowest BCUT2D eigenvalue weighted by Gasteiger charge is -2.43. The van der Waals surface area contributed by atoms with Crippen molar-refractivity contribution in [1.82, 2.24) is 20.5 Å². The number of ether oxygens (including phenoxy) is 2. The van der Waals surface area contributed by atoms with Gasteiger partial charge in [0.05, 0.1) is 17.7 Å². The zero-order valence-corrected chi connectivity index (χ0v) is 28.5. The van der Waals surface area contributed by atoms with Gasteiger partial charge in [-0.15, -0.1) is 0 Å². The standard InChI is InChI=1S/C41H44N4O6/c46-35-14-12-33(34-13-15-38(48)43-40(34)35)36(47)24-42-19-16-27-6-4-7-28(22-27)26-50-32-11-5-10-31(23-32)39(30-8-2-1-3-9-30)44-41(49)51-37-25-45-20-17-29(37)18-21-45/h1-15,22-23,29,36-37,39,42,46-47H,16-21,24-26H2,(H,43,48)(H,44,49)/t36-,37?,39?/m0/s1. The number of piperidine rings is 3. The van der Waals surface area contributed by atoms with Crippen LogP contribution in [0.15, 0.2) is 108 Å². The average molecular weight is 689 g/mol. The highest BCUT2D eigenvalue weighted by Crippen LogP contribution is 2.31. The molecule has 10 nitrogen and oxygen atoms in total. The number of aromatic hydroxyl groups is 1. The van der Waals surface area contributed by atoms with Gasteiger partial charge in [-0.05, 0) is 96.9 Å². The van der Waals surface area contributed by atoms with Gasteiger partial charge < -0.3 is 35.3 Å². The first-order valence-corrected chi connectivity index (χ1v) is 17.7. The van der Waals surface area contributed by atoms with Crippen molar-refractivity contribution >= 4 is 17.0 Å². The van der Waals surface area contributed by atoms with Crippen LogP contribution in [0.5, 0.6) is 11.5 Å². The monoisotopic (exact) mass is 688 g/mol. The number of phenolic OH excluding ortho intramolecular Hbond substituents is 1. The van der Waals surface area contributed by atoms with Crippen LogP contribution in [0.1, 0.15) is 52.8 Å². The van der Waals surface area contributed by atoms with Crippen molar-refractivity contribution < 1.29 is 24.5 Å². The number of nitrogens with zero attached hydrogens (tertiary/aromatic N) is 1. The van der Waals surface area contributed by atoms with Gasteiger partial charge >= 0.3 is 6.09 Å². The van der Waals surface area contributed by atoms with Crippen molar-refractivity contribution in [2.75, 3.05) is 32.7 Å². The Morgan fingerprint density at radius 1 is 0.902 bits per heavy atom. The van der Waals surface area contributed by atoms with E-state index in [1.54, 1.807) is 12.1 Å². The summed E-state index contributed by atoms with van der Waals surface area (Å²) in [5.41, 5.74) is 4.66. The van der Waals surface area contributed by atoms with Crippen molar-refractivity contribution in [3.8, 4) is 11.5 Å². The molecule has 2 unspecified atom stereocenters. The number of H-pyrrole nitrogens is 1. The number of aromatic nitrogens is 1. The predicted molar refractivity (Wildman–Crippen MR) is 196 cm³/mol. The number of rotatable bonds is 13. The first-order chi connectivity index (χ1) is 24.9. The second-order valence-corrected chi connectivity index (χ2v) is 13.5. The number of nitrogens with one attached hydrogen (secondary N) is 3. The molecule has 3 aliphatic rings. The second-order valence-electron chi connectivity index (χ2n) is 13.5. The molecule has 5 aromatic rings. The maximum absolute atomic E-state index is 13.2. The molecule has 1 aromatic heterocycles. The predicted octanol–water partition coefficient (Wildman–Crippen LogP) is 5.59. The third-order valence-electron chi connectivity index (χ3n) is 10.0. The van der Waals surface area contributed by atoms with Gasteiger partial charge in [0.1, 0.15) is 24.2 Å². The van der Waals surface area contributed by atoms with Gasteiger partial charge in [0.2, 0.25) is 5.56 Å². The third-order valence-corrected chi connectivity index (χ3v) is 10.0. The molecule has 4 heterocycles. The Morgan fingerprint density at radius 3 is 2.49 bits per heavy atom. The summed E-state index contributed by atoms with van der Waals surface area (Å²) in [6.45, 7) is 4.32. The highest BCUT2D eigenvalue weighted by Gasteiger charge is 2.37. The van der Waals surface area contributed by atoms with Crippen molar-refractivity contribution in [3.63, 3.8) is 0 Å². The largest absolute Gasteiger partial charge is 0.506 e. The van der Waals surface area contributed by atoms with E-state index in [4.69, 9.17) is 9.47 Å². The summed E-state index contributed by atoms with van der Waals surface area (Å²) < 4.78 is 12.2. The van der Waals surface area contributed by atoms with Gasteiger partial charge in [0, 0.05) is 24.5 Å². The number of fused-ring (bicyclic) bond motifs is 4. The van der Waals surface area contributed by atoms with Gasteiger partial charge in [-0.2, -0.15) is 0 Å². The number of carbonyl (C=O) groups excluding carboxylic acids is 1. The van der Waals surface area contributed by atoms with E-state index in [0.29, 0.717) is 47.8 Å². The van der Waals surface area contributed by atoms with Gasteiger partial charge in [-0.3, -0.25) is 9.69 Å². The van der Waals surface area contributed by atoms with E-state index >= 15 is 0 Å². The zero-order valence-electron chi connectivity index (χ0n) is 28.5. The first kappa shape index (κ1) is 34.3. The number of hydrogen-bond acceptors (Lipinski definition) is 8. The normalized spacial score (nSPS) is 19.4. The molecule has 1 amide bonds. The summed E-state index contributed by atoms with van der Waals surface area (Å²) in [6.07, 6.45) is 1.61. The highest BCUT2D eigenvalue weighted by molar-refractivity contribution is 5.87. The molecule has 0 aliphatic carbocycles. The minimum atomic E-state index is -0.818. The van der Waals surface area contributed by atoms with E-state index in [-0.39, 0.29) is 17.4 Å². The topological polar surface area (TPSA) is 136 Å². The van der Waals surface area contributed by atoms with E-state index in [9.17, 15) is 19.8 Å². The Bertz CT molecular complexity index is 2010. The van der Waals surface area contributed by atoms with Crippen LogP contribution >= 0.6 is 0 Å². The van der Waals surface area contributed by atoms with Crippen molar-refractivity contribution in [2.45, 2.75) is 44.1 Å². The van der Waals surface area contributed by atoms with Crippen LogP contribution < -0.4 is 20.9 Å². The number of carbonyl (C=O) groups is 1. The fourth-order valence-corrected chi connectivity index (χ4v) is 7.29. The lowest BCUT2D eigenvalue weighted by molar-refractivity contribution is -0.0336. The number of pyridine rings is 1. The Kier molecular flexibility index (Phi) is 10.6. The highest BCUT2D eigenvalue weighted by atomic mass is 16.6. The van der Waals surface area contributed by atoms with Crippen LogP contribution in [0.4, 0.5) is 4.79 Å². The zero-order chi connectivity index (χ0) is 35.2. The van der Waals surface area contributed by atoms with Gasteiger partial charge in [0.15, 0.2) is 0 Å². The second kappa shape index (κ2) is 15.8. The molecule has 264 valence electrons. The Labute approximate surface area is 297 Å². The van der Waals surface area contributed by atoms with Crippen LogP contribution in [0.25, 0.3) is 10.9 Å². The quantitative estimate of drug-likeness (QED) is 0.101. The van der Waals surface area contributed by atoms with Gasteiger partial charge in [-0.25, -0.2) is 4.79 Å². The van der Waals surface area contributed by atoms with Gasteiger partial charge in [0.25, 0.3) is 0 Å². The van der Waals surface area contributed by atoms with Crippen LogP contribution in [0, 0.1) is 5.92 Å². The smallest absolute Gasteiger partial charge is 0.408 e. The summed E-state index contributed by atoms with van der Waals surface area (Å²) in [4.78, 5) is 29.9. The Hall–Kier alpha value is -5.16. The number of aliphatic hydroxyl groups excluding tert-OH is 1. The molecule has 10 heteroatoms. The Balaban J connectivity index is 0.939. The summed E-state index contributed by atoms with van der Waals surface area (Å²) in [5, 5.41) is 28.1. The molecule has 3 aliphatic heterocycles. The van der Waals surface area contributed by atoms with Crippen LogP contribution in [0.2, 0.25) is 0 Å². The number of alkyl carbamates (subject to hydrolysis) is 1. The third kappa shape index (κ3) is 8.42. The Morgan fingerprint density at radius 2 is 1.69 bits per heavy atom. The molecule has 4 aromatic carbocycles. The minimum Gasteiger partial charge on any atom is -0.506 e. The van der Waals surface area contributed by atoms with E-state index < -0.39 is 18.2 Å². The molecule has 0 saturated carbocycles. The van der Waals surface area contributed by atoms with Crippen LogP contribution in [0.3, 0.4) is 0 Å². The van der Waals surface area contributed by atoms with E-state index in [0.717, 1.165) is 61.2 Å². The van der Waals surface area contributed by atoms with Gasteiger partial charge in [-0.1, -0.05) is 72.8 Å². The number of benzene rings is 4. The summed E-state index contributed by atoms with van der Waals surface area (Å²) in [6, 6.07) is 31.7. The summed E-state index contributed by atoms with van der Waals surface area (Å²) in [7, 11) is 0. The molecule has 3 saturated heterocycles. The molecule has 51 heavy (non-hydrogen) atoms. The summed E-state index contributed by atoms with van der Waals surface area (Å²) in [5.74, 6) is 1.10. The number of phenols is 1. The molecule has 8 rings (SSSR count). The maximum atomic E-state index is 13.2. The SMILES string of the molecule is O=C(NC(c1ccccc1)c1cccc(OCc2cccc(CCNC[C@H](O)c3ccc(O)c4[nH]c(=O)ccc34)c2)c1)OC1CN2CCC1CC2. The molecule has 2 bridgehead atoms. The van der Waals surface area contributed by atoms with E-state index in [1.165, 1.54) is 12.1 Å². The number of hydrogen-bond donors (Lipinski definition) is 5. The molecule has 0 radical (unpaired) electrons. The first-order valence-electron chi connectivity index (χ1n) is 17.7. The van der Waals surface area contributed by atoms with Crippen molar-refractivity contribution in [3.05, 3.63) is 141 Å². The lowest BCUT2D eigenvalue weighted by Crippen LogP contribution is -2.52. The fraction of sp³-hybridized carbons (Fsp3) is 0.317. The molecular weight excluding hydrogens is 644 g/mol. The number of aliphatic hydroxyl groups is 1. The minimum absolute atomic E-state index is 0.0341. The summed E-state index contributed by atoms with van der Waals surface area (Å²) >= 11 is 0. The molecular formula is C41H44N4O6. The van der Waals surface area contributed by atoms with E-state index in [2.05, 4.69) is 32.7 Å².